The number of likely N-dealkylation sites (N-methyl/N-ethyl adjacent to an activating group) is 1. The van der Waals surface area contributed by atoms with Gasteiger partial charge in [-0.2, -0.15) is 0 Å². The van der Waals surface area contributed by atoms with Crippen molar-refractivity contribution in [1.82, 2.24) is 10.1 Å². The van der Waals surface area contributed by atoms with Gasteiger partial charge in [-0.15, -0.1) is 0 Å². The van der Waals surface area contributed by atoms with Crippen LogP contribution in [0.2, 0.25) is 0 Å². The summed E-state index contributed by atoms with van der Waals surface area (Å²) in [6.45, 7) is 8.40. The van der Waals surface area contributed by atoms with Crippen LogP contribution in [0.1, 0.15) is 52.5 Å². The molecule has 1 heterocycles. The fraction of sp³-hybridized carbons (Fsp3) is 0.417. The predicted molar refractivity (Wildman–Crippen MR) is 117 cm³/mol. The van der Waals surface area contributed by atoms with Gasteiger partial charge < -0.3 is 14.5 Å². The second kappa shape index (κ2) is 9.59. The molecule has 0 saturated carbocycles. The Morgan fingerprint density at radius 2 is 1.97 bits per heavy atom. The second-order valence-electron chi connectivity index (χ2n) is 8.41. The first-order chi connectivity index (χ1) is 13.6. The Kier molecular flexibility index (Phi) is 7.43. The molecule has 2 rings (SSSR count). The van der Waals surface area contributed by atoms with Crippen molar-refractivity contribution in [1.29, 1.82) is 0 Å². The smallest absolute Gasteiger partial charge is 0.316 e. The fourth-order valence-electron chi connectivity index (χ4n) is 3.46. The highest BCUT2D eigenvalue weighted by Gasteiger charge is 2.31. The van der Waals surface area contributed by atoms with Gasteiger partial charge in [-0.05, 0) is 50.2 Å². The lowest BCUT2D eigenvalue weighted by atomic mass is 9.72. The first kappa shape index (κ1) is 22.5. The molecule has 5 heteroatoms. The van der Waals surface area contributed by atoms with Crippen molar-refractivity contribution in [3.05, 3.63) is 64.4 Å². The number of carbonyl (C=O) groups excluding carboxylic acids is 1. The molecule has 0 bridgehead atoms. The van der Waals surface area contributed by atoms with Gasteiger partial charge in [0.2, 0.25) is 5.91 Å². The molecule has 0 spiro atoms. The van der Waals surface area contributed by atoms with Gasteiger partial charge in [0, 0.05) is 19.7 Å². The number of hydrogen-bond donors (Lipinski definition) is 1. The first-order valence-electron chi connectivity index (χ1n) is 9.92. The third-order valence-corrected chi connectivity index (χ3v) is 5.14. The van der Waals surface area contributed by atoms with E-state index in [0.717, 1.165) is 41.6 Å². The van der Waals surface area contributed by atoms with Crippen LogP contribution in [0, 0.1) is 5.41 Å². The van der Waals surface area contributed by atoms with Crippen molar-refractivity contribution >= 4 is 12.0 Å². The van der Waals surface area contributed by atoms with Crippen LogP contribution in [0.3, 0.4) is 0 Å². The molecule has 29 heavy (non-hydrogen) atoms. The molecule has 0 atom stereocenters. The summed E-state index contributed by atoms with van der Waals surface area (Å²) >= 11 is 0. The molecule has 1 amide bonds. The quantitative estimate of drug-likeness (QED) is 0.651. The lowest BCUT2D eigenvalue weighted by Gasteiger charge is -2.34. The summed E-state index contributed by atoms with van der Waals surface area (Å²) in [6, 6.07) is 0. The maximum absolute atomic E-state index is 12.6. The van der Waals surface area contributed by atoms with Crippen molar-refractivity contribution in [2.45, 2.75) is 47.0 Å². The molecule has 0 unspecified atom stereocenters. The van der Waals surface area contributed by atoms with Gasteiger partial charge in [0.25, 0.3) is 0 Å². The molecule has 0 aliphatic heterocycles. The van der Waals surface area contributed by atoms with Crippen LogP contribution >= 0.6 is 0 Å². The molecule has 0 saturated heterocycles. The topological polar surface area (TPSA) is 66.6 Å². The number of amides is 1. The van der Waals surface area contributed by atoms with E-state index in [1.54, 1.807) is 11.0 Å². The third-order valence-electron chi connectivity index (χ3n) is 5.14. The molecule has 1 aromatic heterocycles. The van der Waals surface area contributed by atoms with E-state index < -0.39 is 0 Å². The van der Waals surface area contributed by atoms with Crippen molar-refractivity contribution in [2.24, 2.45) is 5.41 Å². The summed E-state index contributed by atoms with van der Waals surface area (Å²) in [5, 5.41) is 13.0. The van der Waals surface area contributed by atoms with Gasteiger partial charge >= 0.3 is 5.95 Å². The Hall–Kier alpha value is -2.82. The largest absolute Gasteiger partial charge is 0.479 e. The summed E-state index contributed by atoms with van der Waals surface area (Å²) < 4.78 is 4.64. The highest BCUT2D eigenvalue weighted by atomic mass is 16.5. The molecule has 1 aliphatic rings. The second-order valence-corrected chi connectivity index (χ2v) is 8.41. The molecule has 1 aromatic rings. The highest BCUT2D eigenvalue weighted by Crippen LogP contribution is 2.41. The van der Waals surface area contributed by atoms with Crippen LogP contribution < -0.4 is 0 Å². The number of aromatic nitrogens is 1. The summed E-state index contributed by atoms with van der Waals surface area (Å²) in [7, 11) is 3.62. The molecular formula is C24H32N2O3. The Morgan fingerprint density at radius 1 is 1.24 bits per heavy atom. The van der Waals surface area contributed by atoms with Crippen LogP contribution in [0.4, 0.5) is 0 Å². The SMILES string of the molecule is CC(/C=C/C1=C(C(=O)N(C)C)CCCC1(C)C)=C\C=C\C(C)=C\c1cnoc1O. The Labute approximate surface area is 173 Å². The molecule has 1 aliphatic carbocycles. The number of nitrogens with zero attached hydrogens (tertiary/aromatic N) is 2. The Morgan fingerprint density at radius 3 is 2.59 bits per heavy atom. The summed E-state index contributed by atoms with van der Waals surface area (Å²) in [5.74, 6) is -0.0736. The minimum atomic E-state index is -0.182. The van der Waals surface area contributed by atoms with Crippen LogP contribution in [-0.4, -0.2) is 35.2 Å². The third kappa shape index (κ3) is 6.08. The van der Waals surface area contributed by atoms with Crippen LogP contribution in [-0.2, 0) is 4.79 Å². The first-order valence-corrected chi connectivity index (χ1v) is 9.92. The van der Waals surface area contributed by atoms with Crippen LogP contribution in [0.15, 0.2) is 63.4 Å². The van der Waals surface area contributed by atoms with E-state index in [4.69, 9.17) is 0 Å². The lowest BCUT2D eigenvalue weighted by Crippen LogP contribution is -2.30. The van der Waals surface area contributed by atoms with Crippen LogP contribution in [0.5, 0.6) is 5.95 Å². The Bertz CT molecular complexity index is 893. The van der Waals surface area contributed by atoms with E-state index >= 15 is 0 Å². The molecule has 0 aromatic carbocycles. The van der Waals surface area contributed by atoms with Gasteiger partial charge in [0.15, 0.2) is 0 Å². The zero-order chi connectivity index (χ0) is 21.6. The normalized spacial score (nSPS) is 18.1. The van der Waals surface area contributed by atoms with Crippen molar-refractivity contribution in [3.8, 4) is 5.95 Å². The minimum Gasteiger partial charge on any atom is -0.479 e. The zero-order valence-electron chi connectivity index (χ0n) is 18.3. The monoisotopic (exact) mass is 396 g/mol. The zero-order valence-corrected chi connectivity index (χ0v) is 18.3. The van der Waals surface area contributed by atoms with Crippen molar-refractivity contribution in [2.75, 3.05) is 14.1 Å². The molecule has 5 nitrogen and oxygen atoms in total. The molecule has 0 fully saturated rings. The Balaban J connectivity index is 2.18. The van der Waals surface area contributed by atoms with Gasteiger partial charge in [0.1, 0.15) is 0 Å². The number of carbonyl (C=O) groups is 1. The molecular weight excluding hydrogens is 364 g/mol. The molecule has 156 valence electrons. The van der Waals surface area contributed by atoms with Crippen LogP contribution in [0.25, 0.3) is 6.08 Å². The number of aromatic hydroxyl groups is 1. The fourth-order valence-corrected chi connectivity index (χ4v) is 3.46. The lowest BCUT2D eigenvalue weighted by molar-refractivity contribution is -0.125. The number of rotatable bonds is 6. The van der Waals surface area contributed by atoms with E-state index in [2.05, 4.69) is 35.7 Å². The van der Waals surface area contributed by atoms with E-state index in [-0.39, 0.29) is 17.3 Å². The van der Waals surface area contributed by atoms with E-state index in [0.29, 0.717) is 5.56 Å². The van der Waals surface area contributed by atoms with Gasteiger partial charge in [-0.3, -0.25) is 4.79 Å². The highest BCUT2D eigenvalue weighted by molar-refractivity contribution is 5.94. The van der Waals surface area contributed by atoms with Crippen molar-refractivity contribution in [3.63, 3.8) is 0 Å². The van der Waals surface area contributed by atoms with Gasteiger partial charge in [-0.25, -0.2) is 0 Å². The number of hydrogen-bond acceptors (Lipinski definition) is 4. The molecule has 0 radical (unpaired) electrons. The predicted octanol–water partition coefficient (Wildman–Crippen LogP) is 5.44. The van der Waals surface area contributed by atoms with E-state index in [1.807, 2.05) is 46.2 Å². The average molecular weight is 397 g/mol. The summed E-state index contributed by atoms with van der Waals surface area (Å²) in [5.41, 5.74) is 4.67. The maximum Gasteiger partial charge on any atom is 0.316 e. The summed E-state index contributed by atoms with van der Waals surface area (Å²) in [6.07, 6.45) is 16.3. The van der Waals surface area contributed by atoms with Gasteiger partial charge in [0.05, 0.1) is 11.8 Å². The minimum absolute atomic E-state index is 0.00811. The van der Waals surface area contributed by atoms with E-state index in [1.165, 1.54) is 6.20 Å². The molecule has 1 N–H and O–H groups in total. The van der Waals surface area contributed by atoms with Crippen molar-refractivity contribution < 1.29 is 14.4 Å². The standard InChI is InChI=1S/C24H32N2O3/c1-17(9-7-10-18(2)15-19-16-25-29-23(19)28)12-13-21-20(22(27)26(5)6)11-8-14-24(21,3)4/h7,9-10,12-13,15-16,28H,8,11,14H2,1-6H3/b10-7+,13-12+,17-9+,18-15+. The number of allylic oxidation sites excluding steroid dienone is 8. The maximum atomic E-state index is 12.6. The average Bonchev–Trinajstić information content (AvgIpc) is 3.03. The van der Waals surface area contributed by atoms with E-state index in [9.17, 15) is 9.90 Å². The summed E-state index contributed by atoms with van der Waals surface area (Å²) in [4.78, 5) is 14.3. The van der Waals surface area contributed by atoms with Gasteiger partial charge in [-0.1, -0.05) is 60.5 Å².